The first-order chi connectivity index (χ1) is 9.13. The van der Waals surface area contributed by atoms with Crippen LogP contribution in [0.4, 0.5) is 0 Å². The van der Waals surface area contributed by atoms with Crippen molar-refractivity contribution in [1.82, 2.24) is 9.78 Å². The Labute approximate surface area is 115 Å². The first kappa shape index (κ1) is 13.4. The molecule has 0 aliphatic heterocycles. The van der Waals surface area contributed by atoms with Crippen LogP contribution in [-0.4, -0.2) is 29.2 Å². The fourth-order valence-corrected chi connectivity index (χ4v) is 1.82. The molecule has 0 unspecified atom stereocenters. The number of nitrogens with zero attached hydrogens (tertiary/aromatic N) is 2. The van der Waals surface area contributed by atoms with E-state index < -0.39 is 5.24 Å². The SMILES string of the molecule is COc1ccc(Cn2cc(C(=O)Cl)c(OC)n2)cc1. The van der Waals surface area contributed by atoms with Crippen molar-refractivity contribution >= 4 is 16.8 Å². The van der Waals surface area contributed by atoms with Crippen molar-refractivity contribution in [3.8, 4) is 11.6 Å². The molecule has 0 spiro atoms. The molecule has 19 heavy (non-hydrogen) atoms. The smallest absolute Gasteiger partial charge is 0.259 e. The highest BCUT2D eigenvalue weighted by molar-refractivity contribution is 6.68. The second-order valence-electron chi connectivity index (χ2n) is 3.87. The fraction of sp³-hybridized carbons (Fsp3) is 0.231. The third-order valence-corrected chi connectivity index (χ3v) is 2.84. The van der Waals surface area contributed by atoms with Crippen molar-refractivity contribution in [2.75, 3.05) is 14.2 Å². The molecule has 0 aliphatic rings. The van der Waals surface area contributed by atoms with Gasteiger partial charge in [-0.15, -0.1) is 5.10 Å². The Hall–Kier alpha value is -2.01. The summed E-state index contributed by atoms with van der Waals surface area (Å²) in [6.07, 6.45) is 1.57. The van der Waals surface area contributed by atoms with Crippen LogP contribution in [-0.2, 0) is 6.54 Å². The number of ether oxygens (including phenoxy) is 2. The summed E-state index contributed by atoms with van der Waals surface area (Å²) in [5, 5.41) is 3.56. The number of hydrogen-bond donors (Lipinski definition) is 0. The molecule has 0 radical (unpaired) electrons. The Balaban J connectivity index is 2.20. The molecule has 0 aliphatic carbocycles. The normalized spacial score (nSPS) is 10.3. The van der Waals surface area contributed by atoms with E-state index in [9.17, 15) is 4.79 Å². The second kappa shape index (κ2) is 5.75. The molecular formula is C13H13ClN2O3. The summed E-state index contributed by atoms with van der Waals surface area (Å²) in [4.78, 5) is 11.2. The van der Waals surface area contributed by atoms with E-state index in [1.165, 1.54) is 7.11 Å². The number of methoxy groups -OCH3 is 2. The number of benzene rings is 1. The van der Waals surface area contributed by atoms with Gasteiger partial charge in [0.2, 0.25) is 5.88 Å². The van der Waals surface area contributed by atoms with Gasteiger partial charge in [0.1, 0.15) is 11.3 Å². The Bertz CT molecular complexity index is 578. The highest BCUT2D eigenvalue weighted by Crippen LogP contribution is 2.19. The number of aromatic nitrogens is 2. The van der Waals surface area contributed by atoms with Crippen LogP contribution in [0.1, 0.15) is 15.9 Å². The van der Waals surface area contributed by atoms with Gasteiger partial charge < -0.3 is 9.47 Å². The van der Waals surface area contributed by atoms with Gasteiger partial charge in [0, 0.05) is 6.20 Å². The second-order valence-corrected chi connectivity index (χ2v) is 4.21. The minimum atomic E-state index is -0.585. The number of halogens is 1. The standard InChI is InChI=1S/C13H13ClN2O3/c1-18-10-5-3-9(4-6-10)7-16-8-11(12(14)17)13(15-16)19-2/h3-6,8H,7H2,1-2H3. The summed E-state index contributed by atoms with van der Waals surface area (Å²) < 4.78 is 11.7. The van der Waals surface area contributed by atoms with Crippen molar-refractivity contribution in [3.05, 3.63) is 41.6 Å². The number of carbonyl (C=O) groups is 1. The van der Waals surface area contributed by atoms with Crippen molar-refractivity contribution in [2.45, 2.75) is 6.54 Å². The minimum absolute atomic E-state index is 0.230. The molecule has 0 amide bonds. The molecule has 6 heteroatoms. The van der Waals surface area contributed by atoms with Crippen molar-refractivity contribution in [1.29, 1.82) is 0 Å². The minimum Gasteiger partial charge on any atom is -0.497 e. The molecule has 100 valence electrons. The van der Waals surface area contributed by atoms with E-state index in [0.717, 1.165) is 11.3 Å². The first-order valence-corrected chi connectivity index (χ1v) is 5.96. The molecule has 1 aromatic heterocycles. The molecule has 0 N–H and O–H groups in total. The summed E-state index contributed by atoms with van der Waals surface area (Å²) in [6.45, 7) is 0.518. The number of rotatable bonds is 5. The maximum Gasteiger partial charge on any atom is 0.259 e. The monoisotopic (exact) mass is 280 g/mol. The lowest BCUT2D eigenvalue weighted by Crippen LogP contribution is -2.00. The van der Waals surface area contributed by atoms with Gasteiger partial charge in [-0.25, -0.2) is 0 Å². The summed E-state index contributed by atoms with van der Waals surface area (Å²) in [5.41, 5.74) is 1.29. The van der Waals surface area contributed by atoms with Crippen LogP contribution in [0.15, 0.2) is 30.5 Å². The van der Waals surface area contributed by atoms with Crippen molar-refractivity contribution in [2.24, 2.45) is 0 Å². The maximum atomic E-state index is 11.2. The van der Waals surface area contributed by atoms with Crippen LogP contribution >= 0.6 is 11.6 Å². The summed E-state index contributed by atoms with van der Waals surface area (Å²) >= 11 is 5.45. The van der Waals surface area contributed by atoms with Crippen LogP contribution in [0.25, 0.3) is 0 Å². The zero-order valence-electron chi connectivity index (χ0n) is 10.6. The van der Waals surface area contributed by atoms with Gasteiger partial charge >= 0.3 is 0 Å². The van der Waals surface area contributed by atoms with Gasteiger partial charge in [-0.3, -0.25) is 9.48 Å². The van der Waals surface area contributed by atoms with Crippen LogP contribution in [0.2, 0.25) is 0 Å². The Morgan fingerprint density at radius 2 is 1.95 bits per heavy atom. The van der Waals surface area contributed by atoms with E-state index in [0.29, 0.717) is 6.54 Å². The van der Waals surface area contributed by atoms with Crippen LogP contribution < -0.4 is 9.47 Å². The molecule has 0 saturated carbocycles. The maximum absolute atomic E-state index is 11.2. The Morgan fingerprint density at radius 1 is 1.26 bits per heavy atom. The van der Waals surface area contributed by atoms with Crippen LogP contribution in [0.3, 0.4) is 0 Å². The average molecular weight is 281 g/mol. The molecule has 1 heterocycles. The molecule has 1 aromatic carbocycles. The quantitative estimate of drug-likeness (QED) is 0.789. The van der Waals surface area contributed by atoms with Gasteiger partial charge in [0.15, 0.2) is 0 Å². The number of hydrogen-bond acceptors (Lipinski definition) is 4. The highest BCUT2D eigenvalue weighted by atomic mass is 35.5. The predicted octanol–water partition coefficient (Wildman–Crippen LogP) is 2.33. The fourth-order valence-electron chi connectivity index (χ4n) is 1.69. The van der Waals surface area contributed by atoms with Crippen molar-refractivity contribution < 1.29 is 14.3 Å². The molecule has 0 atom stereocenters. The van der Waals surface area contributed by atoms with E-state index in [-0.39, 0.29) is 11.4 Å². The molecule has 2 aromatic rings. The first-order valence-electron chi connectivity index (χ1n) is 5.58. The van der Waals surface area contributed by atoms with Gasteiger partial charge in [-0.2, -0.15) is 0 Å². The molecular weight excluding hydrogens is 268 g/mol. The van der Waals surface area contributed by atoms with Crippen LogP contribution in [0.5, 0.6) is 11.6 Å². The molecule has 0 fully saturated rings. The van der Waals surface area contributed by atoms with E-state index in [1.807, 2.05) is 24.3 Å². The Kier molecular flexibility index (Phi) is 4.06. The lowest BCUT2D eigenvalue weighted by Gasteiger charge is -2.03. The lowest BCUT2D eigenvalue weighted by molar-refractivity contribution is 0.107. The zero-order chi connectivity index (χ0) is 13.8. The zero-order valence-corrected chi connectivity index (χ0v) is 11.3. The van der Waals surface area contributed by atoms with Gasteiger partial charge in [0.25, 0.3) is 5.24 Å². The average Bonchev–Trinajstić information content (AvgIpc) is 2.83. The third kappa shape index (κ3) is 3.06. The Morgan fingerprint density at radius 3 is 2.42 bits per heavy atom. The van der Waals surface area contributed by atoms with E-state index in [4.69, 9.17) is 21.1 Å². The molecule has 0 bridgehead atoms. The molecule has 0 saturated heterocycles. The van der Waals surface area contributed by atoms with Gasteiger partial charge in [-0.1, -0.05) is 12.1 Å². The number of carbonyl (C=O) groups excluding carboxylic acids is 1. The largest absolute Gasteiger partial charge is 0.497 e. The van der Waals surface area contributed by atoms with E-state index in [2.05, 4.69) is 5.10 Å². The predicted molar refractivity (Wildman–Crippen MR) is 71.1 cm³/mol. The summed E-state index contributed by atoms with van der Waals surface area (Å²) in [5.74, 6) is 1.02. The van der Waals surface area contributed by atoms with E-state index >= 15 is 0 Å². The van der Waals surface area contributed by atoms with Crippen LogP contribution in [0, 0.1) is 0 Å². The molecule has 5 nitrogen and oxygen atoms in total. The van der Waals surface area contributed by atoms with E-state index in [1.54, 1.807) is 18.0 Å². The third-order valence-electron chi connectivity index (χ3n) is 2.64. The summed E-state index contributed by atoms with van der Waals surface area (Å²) in [7, 11) is 3.06. The highest BCUT2D eigenvalue weighted by Gasteiger charge is 2.15. The van der Waals surface area contributed by atoms with Gasteiger partial charge in [-0.05, 0) is 29.3 Å². The topological polar surface area (TPSA) is 53.4 Å². The van der Waals surface area contributed by atoms with Gasteiger partial charge in [0.05, 0.1) is 20.8 Å². The molecule has 2 rings (SSSR count). The lowest BCUT2D eigenvalue weighted by atomic mass is 10.2. The summed E-state index contributed by atoms with van der Waals surface area (Å²) in [6, 6.07) is 7.58. The van der Waals surface area contributed by atoms with Crippen molar-refractivity contribution in [3.63, 3.8) is 0 Å².